The number of ether oxygens (including phenoxy) is 2. The van der Waals surface area contributed by atoms with Crippen LogP contribution in [0.25, 0.3) is 0 Å². The van der Waals surface area contributed by atoms with Gasteiger partial charge in [-0.3, -0.25) is 9.59 Å². The summed E-state index contributed by atoms with van der Waals surface area (Å²) in [6, 6.07) is 10.1. The molecule has 2 N–H and O–H groups in total. The van der Waals surface area contributed by atoms with Gasteiger partial charge in [0, 0.05) is 17.1 Å². The van der Waals surface area contributed by atoms with E-state index in [9.17, 15) is 9.59 Å². The van der Waals surface area contributed by atoms with E-state index in [-0.39, 0.29) is 13.3 Å². The molecule has 0 unspecified atom stereocenters. The minimum Gasteiger partial charge on any atom is -0.454 e. The summed E-state index contributed by atoms with van der Waals surface area (Å²) in [5.74, 6) is -0.465. The molecule has 1 heterocycles. The standard InChI is InChI=1S/C17H13Cl2N3O4/c18-12-3-2-11(13(19)6-12)8-21-22-17(24)16(23)20-7-10-1-4-14-15(5-10)26-9-25-14/h1-6,8H,7,9H2,(H,20,23)(H,22,24)/b21-8+. The van der Waals surface area contributed by atoms with Crippen LogP contribution in [0, 0.1) is 0 Å². The Labute approximate surface area is 158 Å². The molecule has 0 spiro atoms. The quantitative estimate of drug-likeness (QED) is 0.474. The van der Waals surface area contributed by atoms with Crippen molar-refractivity contribution in [3.05, 3.63) is 57.6 Å². The van der Waals surface area contributed by atoms with Crippen molar-refractivity contribution in [2.45, 2.75) is 6.54 Å². The van der Waals surface area contributed by atoms with Gasteiger partial charge < -0.3 is 14.8 Å². The number of hydrogen-bond acceptors (Lipinski definition) is 5. The summed E-state index contributed by atoms with van der Waals surface area (Å²) in [6.45, 7) is 0.332. The zero-order chi connectivity index (χ0) is 18.5. The van der Waals surface area contributed by atoms with Crippen molar-refractivity contribution in [3.8, 4) is 11.5 Å². The molecule has 2 aromatic carbocycles. The zero-order valence-corrected chi connectivity index (χ0v) is 14.8. The van der Waals surface area contributed by atoms with Crippen molar-refractivity contribution < 1.29 is 19.1 Å². The number of nitrogens with one attached hydrogen (secondary N) is 2. The van der Waals surface area contributed by atoms with Crippen molar-refractivity contribution in [2.24, 2.45) is 5.10 Å². The van der Waals surface area contributed by atoms with Gasteiger partial charge in [-0.1, -0.05) is 35.3 Å². The van der Waals surface area contributed by atoms with Crippen molar-refractivity contribution in [2.75, 3.05) is 6.79 Å². The molecule has 26 heavy (non-hydrogen) atoms. The largest absolute Gasteiger partial charge is 0.454 e. The molecular formula is C17H13Cl2N3O4. The van der Waals surface area contributed by atoms with Crippen LogP contribution in [0.4, 0.5) is 0 Å². The first-order chi connectivity index (χ1) is 12.5. The molecule has 2 amide bonds. The monoisotopic (exact) mass is 393 g/mol. The van der Waals surface area contributed by atoms with Crippen LogP contribution in [0.3, 0.4) is 0 Å². The molecule has 2 aromatic rings. The van der Waals surface area contributed by atoms with E-state index < -0.39 is 11.8 Å². The molecule has 9 heteroatoms. The number of halogens is 2. The fourth-order valence-corrected chi connectivity index (χ4v) is 2.59. The average Bonchev–Trinajstić information content (AvgIpc) is 3.09. The average molecular weight is 394 g/mol. The van der Waals surface area contributed by atoms with E-state index in [1.165, 1.54) is 6.21 Å². The van der Waals surface area contributed by atoms with E-state index in [1.807, 2.05) is 0 Å². The Balaban J connectivity index is 1.50. The molecule has 0 bridgehead atoms. The van der Waals surface area contributed by atoms with Gasteiger partial charge in [0.15, 0.2) is 11.5 Å². The van der Waals surface area contributed by atoms with E-state index >= 15 is 0 Å². The van der Waals surface area contributed by atoms with Crippen molar-refractivity contribution in [3.63, 3.8) is 0 Å². The molecule has 0 saturated heterocycles. The first-order valence-electron chi connectivity index (χ1n) is 7.48. The van der Waals surface area contributed by atoms with Gasteiger partial charge in [-0.2, -0.15) is 5.10 Å². The molecule has 0 saturated carbocycles. The topological polar surface area (TPSA) is 89.0 Å². The summed E-state index contributed by atoms with van der Waals surface area (Å²) >= 11 is 11.8. The highest BCUT2D eigenvalue weighted by Gasteiger charge is 2.15. The number of hydrazone groups is 1. The van der Waals surface area contributed by atoms with E-state index in [4.69, 9.17) is 32.7 Å². The number of amides is 2. The Morgan fingerprint density at radius 3 is 2.69 bits per heavy atom. The maximum Gasteiger partial charge on any atom is 0.329 e. The van der Waals surface area contributed by atoms with Crippen LogP contribution < -0.4 is 20.2 Å². The third-order valence-corrected chi connectivity index (χ3v) is 3.99. The first kappa shape index (κ1) is 18.0. The Hall–Kier alpha value is -2.77. The molecule has 1 aliphatic heterocycles. The van der Waals surface area contributed by atoms with Crippen molar-refractivity contribution in [1.82, 2.24) is 10.7 Å². The second-order valence-corrected chi connectivity index (χ2v) is 6.08. The molecule has 0 radical (unpaired) electrons. The van der Waals surface area contributed by atoms with Gasteiger partial charge in [-0.05, 0) is 29.8 Å². The summed E-state index contributed by atoms with van der Waals surface area (Å²) in [5.41, 5.74) is 3.46. The lowest BCUT2D eigenvalue weighted by molar-refractivity contribution is -0.139. The lowest BCUT2D eigenvalue weighted by Crippen LogP contribution is -2.37. The highest BCUT2D eigenvalue weighted by Crippen LogP contribution is 2.32. The molecular weight excluding hydrogens is 381 g/mol. The van der Waals surface area contributed by atoms with Crippen molar-refractivity contribution >= 4 is 41.2 Å². The van der Waals surface area contributed by atoms with Gasteiger partial charge in [0.1, 0.15) is 0 Å². The first-order valence-corrected chi connectivity index (χ1v) is 8.23. The normalized spacial score (nSPS) is 12.2. The molecule has 134 valence electrons. The number of carbonyl (C=O) groups is 2. The van der Waals surface area contributed by atoms with Gasteiger partial charge >= 0.3 is 11.8 Å². The van der Waals surface area contributed by atoms with Crippen LogP contribution in [0.1, 0.15) is 11.1 Å². The smallest absolute Gasteiger partial charge is 0.329 e. The number of benzene rings is 2. The summed E-state index contributed by atoms with van der Waals surface area (Å²) in [5, 5.41) is 7.06. The molecule has 7 nitrogen and oxygen atoms in total. The maximum absolute atomic E-state index is 11.8. The summed E-state index contributed by atoms with van der Waals surface area (Å²) in [7, 11) is 0. The second kappa shape index (κ2) is 8.07. The van der Waals surface area contributed by atoms with E-state index in [2.05, 4.69) is 15.8 Å². The van der Waals surface area contributed by atoms with Crippen LogP contribution in [-0.2, 0) is 16.1 Å². The summed E-state index contributed by atoms with van der Waals surface area (Å²) in [6.07, 6.45) is 1.32. The predicted octanol–water partition coefficient (Wildman–Crippen LogP) is 2.49. The molecule has 3 rings (SSSR count). The van der Waals surface area contributed by atoms with Crippen LogP contribution >= 0.6 is 23.2 Å². The third kappa shape index (κ3) is 4.44. The van der Waals surface area contributed by atoms with Gasteiger partial charge in [-0.25, -0.2) is 5.43 Å². The van der Waals surface area contributed by atoms with Gasteiger partial charge in [0.05, 0.1) is 11.2 Å². The van der Waals surface area contributed by atoms with Crippen LogP contribution in [-0.4, -0.2) is 24.8 Å². The third-order valence-electron chi connectivity index (χ3n) is 3.43. The number of rotatable bonds is 4. The number of carbonyl (C=O) groups excluding carboxylic acids is 2. The fraction of sp³-hybridized carbons (Fsp3) is 0.118. The lowest BCUT2D eigenvalue weighted by Gasteiger charge is -2.05. The van der Waals surface area contributed by atoms with Gasteiger partial charge in [0.25, 0.3) is 0 Å². The zero-order valence-electron chi connectivity index (χ0n) is 13.3. The van der Waals surface area contributed by atoms with E-state index in [1.54, 1.807) is 36.4 Å². The Bertz CT molecular complexity index is 886. The molecule has 0 aromatic heterocycles. The molecule has 0 aliphatic carbocycles. The maximum atomic E-state index is 11.8. The van der Waals surface area contributed by atoms with Crippen molar-refractivity contribution in [1.29, 1.82) is 0 Å². The predicted molar refractivity (Wildman–Crippen MR) is 96.6 cm³/mol. The number of fused-ring (bicyclic) bond motifs is 1. The minimum absolute atomic E-state index is 0.162. The van der Waals surface area contributed by atoms with Crippen LogP contribution in [0.2, 0.25) is 10.0 Å². The van der Waals surface area contributed by atoms with Crippen LogP contribution in [0.15, 0.2) is 41.5 Å². The molecule has 1 aliphatic rings. The Kier molecular flexibility index (Phi) is 5.60. The number of nitrogens with zero attached hydrogens (tertiary/aromatic N) is 1. The van der Waals surface area contributed by atoms with Crippen LogP contribution in [0.5, 0.6) is 11.5 Å². The highest BCUT2D eigenvalue weighted by molar-refractivity contribution is 6.36. The minimum atomic E-state index is -0.896. The number of hydrogen-bond donors (Lipinski definition) is 2. The van der Waals surface area contributed by atoms with Gasteiger partial charge in [0.2, 0.25) is 6.79 Å². The summed E-state index contributed by atoms with van der Waals surface area (Å²) in [4.78, 5) is 23.6. The second-order valence-electron chi connectivity index (χ2n) is 5.24. The lowest BCUT2D eigenvalue weighted by atomic mass is 10.2. The summed E-state index contributed by atoms with van der Waals surface area (Å²) < 4.78 is 10.5. The highest BCUT2D eigenvalue weighted by atomic mass is 35.5. The molecule has 0 fully saturated rings. The Morgan fingerprint density at radius 1 is 1.08 bits per heavy atom. The fourth-order valence-electron chi connectivity index (χ4n) is 2.13. The Morgan fingerprint density at radius 2 is 1.88 bits per heavy atom. The van der Waals surface area contributed by atoms with E-state index in [0.717, 1.165) is 5.56 Å². The SMILES string of the molecule is O=C(NCc1ccc2c(c1)OCO2)C(=O)N/N=C/c1ccc(Cl)cc1Cl. The van der Waals surface area contributed by atoms with E-state index in [0.29, 0.717) is 27.1 Å². The molecule has 0 atom stereocenters. The van der Waals surface area contributed by atoms with Gasteiger partial charge in [-0.15, -0.1) is 0 Å².